The smallest absolute Gasteiger partial charge is 0.325 e. The lowest BCUT2D eigenvalue weighted by atomic mass is 10.2. The van der Waals surface area contributed by atoms with Gasteiger partial charge in [0.05, 0.1) is 9.40 Å². The van der Waals surface area contributed by atoms with E-state index in [1.54, 1.807) is 6.92 Å². The van der Waals surface area contributed by atoms with Gasteiger partial charge in [0.25, 0.3) is 5.69 Å². The van der Waals surface area contributed by atoms with Crippen LogP contribution >= 0.6 is 15.9 Å². The standard InChI is InChI=1S/C9H10BrN3O4/c1-4-6(13(16)17)3-11-8(7(4)10)12-5(2)9(14)15/h3,5H,1-2H3,(H,11,12)(H,14,15)/t5-/m1/s1. The monoisotopic (exact) mass is 303 g/mol. The van der Waals surface area contributed by atoms with Gasteiger partial charge in [-0.15, -0.1) is 0 Å². The number of aliphatic carboxylic acids is 1. The van der Waals surface area contributed by atoms with E-state index >= 15 is 0 Å². The molecule has 0 aliphatic rings. The van der Waals surface area contributed by atoms with Crippen LogP contribution in [0.4, 0.5) is 11.5 Å². The highest BCUT2D eigenvalue weighted by Crippen LogP contribution is 2.30. The summed E-state index contributed by atoms with van der Waals surface area (Å²) in [5.74, 6) is -0.766. The Labute approximate surface area is 105 Å². The molecular formula is C9H10BrN3O4. The number of carboxylic acids is 1. The molecule has 1 aromatic heterocycles. The number of aromatic nitrogens is 1. The number of rotatable bonds is 4. The Morgan fingerprint density at radius 1 is 1.71 bits per heavy atom. The first-order chi connectivity index (χ1) is 7.84. The molecule has 0 aliphatic carbocycles. The third-order valence-electron chi connectivity index (χ3n) is 2.16. The molecule has 1 rings (SSSR count). The van der Waals surface area contributed by atoms with E-state index < -0.39 is 16.9 Å². The zero-order valence-electron chi connectivity index (χ0n) is 9.10. The summed E-state index contributed by atoms with van der Waals surface area (Å²) < 4.78 is 0.389. The molecule has 7 nitrogen and oxygen atoms in total. The second-order valence-corrected chi connectivity index (χ2v) is 4.19. The lowest BCUT2D eigenvalue weighted by Crippen LogP contribution is -2.26. The quantitative estimate of drug-likeness (QED) is 0.650. The normalized spacial score (nSPS) is 11.9. The van der Waals surface area contributed by atoms with Crippen LogP contribution in [0.2, 0.25) is 0 Å². The van der Waals surface area contributed by atoms with Crippen molar-refractivity contribution in [3.8, 4) is 0 Å². The van der Waals surface area contributed by atoms with Gasteiger partial charge in [-0.2, -0.15) is 0 Å². The first-order valence-corrected chi connectivity index (χ1v) is 5.42. The Hall–Kier alpha value is -1.70. The molecule has 0 unspecified atom stereocenters. The summed E-state index contributed by atoms with van der Waals surface area (Å²) in [5, 5.41) is 22.0. The average molecular weight is 304 g/mol. The van der Waals surface area contributed by atoms with Crippen LogP contribution in [0.3, 0.4) is 0 Å². The number of pyridine rings is 1. The highest BCUT2D eigenvalue weighted by molar-refractivity contribution is 9.10. The van der Waals surface area contributed by atoms with Crippen LogP contribution in [0.1, 0.15) is 12.5 Å². The molecule has 0 aromatic carbocycles. The number of nitrogens with one attached hydrogen (secondary N) is 1. The molecule has 0 aliphatic heterocycles. The Balaban J connectivity index is 3.09. The highest BCUT2D eigenvalue weighted by Gasteiger charge is 2.19. The van der Waals surface area contributed by atoms with Crippen LogP contribution in [-0.2, 0) is 4.79 Å². The minimum atomic E-state index is -1.03. The van der Waals surface area contributed by atoms with Gasteiger partial charge in [-0.25, -0.2) is 4.98 Å². The van der Waals surface area contributed by atoms with Crippen molar-refractivity contribution < 1.29 is 14.8 Å². The molecule has 2 N–H and O–H groups in total. The van der Waals surface area contributed by atoms with E-state index in [2.05, 4.69) is 26.2 Å². The molecule has 0 fully saturated rings. The van der Waals surface area contributed by atoms with E-state index in [-0.39, 0.29) is 11.5 Å². The molecule has 92 valence electrons. The van der Waals surface area contributed by atoms with Crippen LogP contribution in [-0.4, -0.2) is 27.0 Å². The fourth-order valence-corrected chi connectivity index (χ4v) is 1.54. The van der Waals surface area contributed by atoms with Gasteiger partial charge in [-0.3, -0.25) is 14.9 Å². The Morgan fingerprint density at radius 2 is 2.29 bits per heavy atom. The third-order valence-corrected chi connectivity index (χ3v) is 3.13. The molecule has 0 radical (unpaired) electrons. The summed E-state index contributed by atoms with van der Waals surface area (Å²) in [5.41, 5.74) is 0.274. The van der Waals surface area contributed by atoms with Crippen molar-refractivity contribution in [2.75, 3.05) is 5.32 Å². The summed E-state index contributed by atoms with van der Waals surface area (Å²) in [7, 11) is 0. The molecule has 0 saturated carbocycles. The maximum absolute atomic E-state index is 10.7. The van der Waals surface area contributed by atoms with E-state index in [4.69, 9.17) is 5.11 Å². The SMILES string of the molecule is Cc1c([N+](=O)[O-])cnc(N[C@H](C)C(=O)O)c1Br. The van der Waals surface area contributed by atoms with E-state index in [1.165, 1.54) is 6.92 Å². The number of anilines is 1. The van der Waals surface area contributed by atoms with Gasteiger partial charge in [0.15, 0.2) is 0 Å². The molecule has 0 spiro atoms. The van der Waals surface area contributed by atoms with Crippen molar-refractivity contribution in [3.05, 3.63) is 26.3 Å². The molecule has 17 heavy (non-hydrogen) atoms. The molecule has 8 heteroatoms. The molecule has 1 atom stereocenters. The Kier molecular flexibility index (Phi) is 4.00. The molecule has 0 saturated heterocycles. The van der Waals surface area contributed by atoms with E-state index in [0.717, 1.165) is 6.20 Å². The summed E-state index contributed by atoms with van der Waals surface area (Å²) in [4.78, 5) is 24.6. The van der Waals surface area contributed by atoms with Crippen molar-refractivity contribution >= 4 is 33.4 Å². The number of halogens is 1. The summed E-state index contributed by atoms with van der Waals surface area (Å²) in [6, 6.07) is -0.834. The minimum Gasteiger partial charge on any atom is -0.480 e. The highest BCUT2D eigenvalue weighted by atomic mass is 79.9. The Bertz CT molecular complexity index is 478. The lowest BCUT2D eigenvalue weighted by molar-refractivity contribution is -0.385. The summed E-state index contributed by atoms with van der Waals surface area (Å²) in [6.45, 7) is 3.01. The number of hydrogen-bond donors (Lipinski definition) is 2. The largest absolute Gasteiger partial charge is 0.480 e. The van der Waals surface area contributed by atoms with E-state index in [0.29, 0.717) is 10.0 Å². The number of nitro groups is 1. The topological polar surface area (TPSA) is 105 Å². The van der Waals surface area contributed by atoms with Gasteiger partial charge in [0.2, 0.25) is 0 Å². The molecular weight excluding hydrogens is 294 g/mol. The van der Waals surface area contributed by atoms with Crippen molar-refractivity contribution in [1.82, 2.24) is 4.98 Å². The van der Waals surface area contributed by atoms with E-state index in [1.807, 2.05) is 0 Å². The fraction of sp³-hybridized carbons (Fsp3) is 0.333. The molecule has 1 heterocycles. The predicted molar refractivity (Wildman–Crippen MR) is 64.0 cm³/mol. The van der Waals surface area contributed by atoms with Gasteiger partial charge < -0.3 is 10.4 Å². The van der Waals surface area contributed by atoms with Gasteiger partial charge in [0, 0.05) is 5.56 Å². The zero-order chi connectivity index (χ0) is 13.2. The molecule has 0 bridgehead atoms. The molecule has 1 aromatic rings. The number of carbonyl (C=O) groups is 1. The maximum Gasteiger partial charge on any atom is 0.325 e. The summed E-state index contributed by atoms with van der Waals surface area (Å²) >= 11 is 3.15. The van der Waals surface area contributed by atoms with Crippen molar-refractivity contribution in [1.29, 1.82) is 0 Å². The summed E-state index contributed by atoms with van der Waals surface area (Å²) in [6.07, 6.45) is 1.09. The van der Waals surface area contributed by atoms with Gasteiger partial charge in [-0.1, -0.05) is 0 Å². The minimum absolute atomic E-state index is 0.120. The third kappa shape index (κ3) is 2.90. The van der Waals surface area contributed by atoms with Gasteiger partial charge in [0.1, 0.15) is 18.1 Å². The predicted octanol–water partition coefficient (Wildman–Crippen LogP) is 1.95. The first kappa shape index (κ1) is 13.4. The van der Waals surface area contributed by atoms with Crippen LogP contribution in [0.15, 0.2) is 10.7 Å². The zero-order valence-corrected chi connectivity index (χ0v) is 10.7. The van der Waals surface area contributed by atoms with Crippen LogP contribution in [0.5, 0.6) is 0 Å². The fourth-order valence-electron chi connectivity index (χ4n) is 1.12. The van der Waals surface area contributed by atoms with Crippen LogP contribution < -0.4 is 5.32 Å². The average Bonchev–Trinajstić information content (AvgIpc) is 2.24. The van der Waals surface area contributed by atoms with Crippen LogP contribution in [0.25, 0.3) is 0 Å². The van der Waals surface area contributed by atoms with Gasteiger partial charge >= 0.3 is 5.97 Å². The molecule has 0 amide bonds. The van der Waals surface area contributed by atoms with Crippen molar-refractivity contribution in [3.63, 3.8) is 0 Å². The van der Waals surface area contributed by atoms with Crippen molar-refractivity contribution in [2.45, 2.75) is 19.9 Å². The van der Waals surface area contributed by atoms with Gasteiger partial charge in [-0.05, 0) is 29.8 Å². The second kappa shape index (κ2) is 5.09. The van der Waals surface area contributed by atoms with E-state index in [9.17, 15) is 14.9 Å². The number of hydrogen-bond acceptors (Lipinski definition) is 5. The lowest BCUT2D eigenvalue weighted by Gasteiger charge is -2.12. The first-order valence-electron chi connectivity index (χ1n) is 4.63. The number of carboxylic acid groups (broad SMARTS) is 1. The maximum atomic E-state index is 10.7. The number of nitrogens with zero attached hydrogens (tertiary/aromatic N) is 2. The Morgan fingerprint density at radius 3 is 2.76 bits per heavy atom. The second-order valence-electron chi connectivity index (χ2n) is 3.39. The van der Waals surface area contributed by atoms with Crippen molar-refractivity contribution in [2.24, 2.45) is 0 Å². The van der Waals surface area contributed by atoms with Crippen LogP contribution in [0, 0.1) is 17.0 Å².